The van der Waals surface area contributed by atoms with Crippen molar-refractivity contribution in [1.29, 1.82) is 0 Å². The molecule has 2 nitrogen and oxygen atoms in total. The van der Waals surface area contributed by atoms with Gasteiger partial charge in [0, 0.05) is 11.1 Å². The van der Waals surface area contributed by atoms with Gasteiger partial charge in [0.2, 0.25) is 0 Å². The summed E-state index contributed by atoms with van der Waals surface area (Å²) in [7, 11) is 0. The number of hydrogen-bond acceptors (Lipinski definition) is 2. The van der Waals surface area contributed by atoms with Gasteiger partial charge in [0.25, 0.3) is 0 Å². The van der Waals surface area contributed by atoms with E-state index in [9.17, 15) is 4.39 Å². The lowest BCUT2D eigenvalue weighted by Gasteiger charge is -2.17. The van der Waals surface area contributed by atoms with Crippen molar-refractivity contribution in [1.82, 2.24) is 0 Å². The molecule has 0 radical (unpaired) electrons. The molecule has 0 saturated carbocycles. The first-order valence-electron chi connectivity index (χ1n) is 6.10. The Morgan fingerprint density at radius 3 is 2.58 bits per heavy atom. The molecule has 0 aliphatic heterocycles. The van der Waals surface area contributed by atoms with Crippen LogP contribution in [0, 0.1) is 5.82 Å². The number of hydrogen-bond donors (Lipinski definition) is 2. The van der Waals surface area contributed by atoms with E-state index in [4.69, 9.17) is 17.3 Å². The third-order valence-corrected chi connectivity index (χ3v) is 3.11. The number of nitrogen functional groups attached to an aromatic ring is 1. The van der Waals surface area contributed by atoms with E-state index in [-0.39, 0.29) is 11.9 Å². The van der Waals surface area contributed by atoms with Crippen LogP contribution in [0.25, 0.3) is 0 Å². The van der Waals surface area contributed by atoms with Crippen LogP contribution >= 0.6 is 11.6 Å². The van der Waals surface area contributed by atoms with Gasteiger partial charge in [-0.3, -0.25) is 0 Å². The number of rotatable bonds is 4. The second-order valence-electron chi connectivity index (χ2n) is 4.61. The number of nitrogens with one attached hydrogen (secondary N) is 1. The lowest BCUT2D eigenvalue weighted by Crippen LogP contribution is -2.18. The van der Waals surface area contributed by atoms with E-state index in [2.05, 4.69) is 5.32 Å². The van der Waals surface area contributed by atoms with Crippen molar-refractivity contribution in [2.45, 2.75) is 19.4 Å². The number of benzene rings is 2. The molecule has 0 aliphatic rings. The lowest BCUT2D eigenvalue weighted by molar-refractivity contribution is 0.626. The van der Waals surface area contributed by atoms with Gasteiger partial charge < -0.3 is 11.1 Å². The average molecular weight is 279 g/mol. The molecule has 19 heavy (non-hydrogen) atoms. The molecule has 0 spiro atoms. The molecule has 0 aromatic heterocycles. The summed E-state index contributed by atoms with van der Waals surface area (Å²) in [5.74, 6) is -0.219. The minimum absolute atomic E-state index is 0.172. The molecular weight excluding hydrogens is 263 g/mol. The summed E-state index contributed by atoms with van der Waals surface area (Å²) in [5, 5.41) is 3.96. The van der Waals surface area contributed by atoms with Gasteiger partial charge in [-0.25, -0.2) is 4.39 Å². The van der Waals surface area contributed by atoms with Crippen molar-refractivity contribution >= 4 is 23.0 Å². The van der Waals surface area contributed by atoms with Crippen LogP contribution in [-0.2, 0) is 6.42 Å². The molecule has 0 fully saturated rings. The molecule has 4 heteroatoms. The van der Waals surface area contributed by atoms with Gasteiger partial charge in [-0.2, -0.15) is 0 Å². The quantitative estimate of drug-likeness (QED) is 0.826. The first-order chi connectivity index (χ1) is 9.04. The Kier molecular flexibility index (Phi) is 4.27. The van der Waals surface area contributed by atoms with Crippen LogP contribution in [0.15, 0.2) is 42.5 Å². The highest BCUT2D eigenvalue weighted by atomic mass is 35.5. The van der Waals surface area contributed by atoms with E-state index in [0.29, 0.717) is 10.7 Å². The zero-order valence-corrected chi connectivity index (χ0v) is 11.4. The Morgan fingerprint density at radius 1 is 1.21 bits per heavy atom. The Hall–Kier alpha value is -1.74. The number of halogens is 2. The van der Waals surface area contributed by atoms with Crippen LogP contribution < -0.4 is 11.1 Å². The maximum Gasteiger partial charge on any atom is 0.123 e. The first-order valence-corrected chi connectivity index (χ1v) is 6.48. The minimum atomic E-state index is -0.219. The van der Waals surface area contributed by atoms with Crippen molar-refractivity contribution in [2.75, 3.05) is 11.1 Å². The maximum absolute atomic E-state index is 12.8. The van der Waals surface area contributed by atoms with Gasteiger partial charge >= 0.3 is 0 Å². The highest BCUT2D eigenvalue weighted by Crippen LogP contribution is 2.24. The van der Waals surface area contributed by atoms with Crippen LogP contribution in [0.1, 0.15) is 12.5 Å². The van der Waals surface area contributed by atoms with Crippen LogP contribution in [0.3, 0.4) is 0 Å². The third kappa shape index (κ3) is 3.86. The normalized spacial score (nSPS) is 12.2. The zero-order chi connectivity index (χ0) is 13.8. The van der Waals surface area contributed by atoms with E-state index >= 15 is 0 Å². The first kappa shape index (κ1) is 13.7. The fourth-order valence-corrected chi connectivity index (χ4v) is 2.12. The van der Waals surface area contributed by atoms with E-state index in [1.807, 2.05) is 6.92 Å². The van der Waals surface area contributed by atoms with Gasteiger partial charge in [0.15, 0.2) is 0 Å². The van der Waals surface area contributed by atoms with Gasteiger partial charge in [-0.05, 0) is 49.2 Å². The lowest BCUT2D eigenvalue weighted by atomic mass is 10.1. The van der Waals surface area contributed by atoms with Crippen molar-refractivity contribution in [3.63, 3.8) is 0 Å². The van der Waals surface area contributed by atoms with Crippen molar-refractivity contribution < 1.29 is 4.39 Å². The van der Waals surface area contributed by atoms with Gasteiger partial charge in [0.05, 0.1) is 11.4 Å². The van der Waals surface area contributed by atoms with Crippen molar-refractivity contribution in [3.8, 4) is 0 Å². The maximum atomic E-state index is 12.8. The molecule has 0 heterocycles. The predicted molar refractivity (Wildman–Crippen MR) is 79.1 cm³/mol. The average Bonchev–Trinajstić information content (AvgIpc) is 2.37. The third-order valence-electron chi connectivity index (χ3n) is 2.87. The second-order valence-corrected chi connectivity index (χ2v) is 5.04. The Bertz CT molecular complexity index is 555. The molecule has 2 aromatic carbocycles. The Balaban J connectivity index is 2.02. The van der Waals surface area contributed by atoms with Gasteiger partial charge in [0.1, 0.15) is 5.82 Å². The number of anilines is 2. The molecule has 0 amide bonds. The summed E-state index contributed by atoms with van der Waals surface area (Å²) in [6, 6.07) is 12.0. The monoisotopic (exact) mass is 278 g/mol. The van der Waals surface area contributed by atoms with Crippen LogP contribution in [0.4, 0.5) is 15.8 Å². The molecule has 3 N–H and O–H groups in total. The predicted octanol–water partition coefficient (Wildman–Crippen LogP) is 4.10. The second kappa shape index (κ2) is 5.93. The molecule has 1 atom stereocenters. The van der Waals surface area contributed by atoms with Crippen molar-refractivity contribution in [2.24, 2.45) is 0 Å². The Labute approximate surface area is 117 Å². The highest BCUT2D eigenvalue weighted by molar-refractivity contribution is 6.31. The standard InChI is InChI=1S/C15H16ClFN2/c1-10(8-11-2-5-13(17)6-3-11)19-15-9-12(16)4-7-14(15)18/h2-7,9-10,19H,8,18H2,1H3. The molecule has 2 rings (SSSR count). The summed E-state index contributed by atoms with van der Waals surface area (Å²) >= 11 is 5.94. The van der Waals surface area contributed by atoms with E-state index in [1.54, 1.807) is 30.3 Å². The molecular formula is C15H16ClFN2. The summed E-state index contributed by atoms with van der Waals surface area (Å²) in [5.41, 5.74) is 8.44. The summed E-state index contributed by atoms with van der Waals surface area (Å²) in [4.78, 5) is 0. The van der Waals surface area contributed by atoms with Crippen LogP contribution in [0.5, 0.6) is 0 Å². The van der Waals surface area contributed by atoms with Crippen LogP contribution in [-0.4, -0.2) is 6.04 Å². The van der Waals surface area contributed by atoms with Crippen LogP contribution in [0.2, 0.25) is 5.02 Å². The zero-order valence-electron chi connectivity index (χ0n) is 10.7. The molecule has 0 saturated heterocycles. The summed E-state index contributed by atoms with van der Waals surface area (Å²) in [6.45, 7) is 2.05. The van der Waals surface area contributed by atoms with Gasteiger partial charge in [-0.15, -0.1) is 0 Å². The summed E-state index contributed by atoms with van der Waals surface area (Å²) in [6.07, 6.45) is 0.784. The fourth-order valence-electron chi connectivity index (χ4n) is 1.94. The highest BCUT2D eigenvalue weighted by Gasteiger charge is 2.06. The SMILES string of the molecule is CC(Cc1ccc(F)cc1)Nc1cc(Cl)ccc1N. The number of nitrogens with two attached hydrogens (primary N) is 1. The Morgan fingerprint density at radius 2 is 1.89 bits per heavy atom. The molecule has 2 aromatic rings. The largest absolute Gasteiger partial charge is 0.397 e. The topological polar surface area (TPSA) is 38.0 Å². The summed E-state index contributed by atoms with van der Waals surface area (Å²) < 4.78 is 12.8. The molecule has 100 valence electrons. The fraction of sp³-hybridized carbons (Fsp3) is 0.200. The van der Waals surface area contributed by atoms with E-state index < -0.39 is 0 Å². The van der Waals surface area contributed by atoms with E-state index in [0.717, 1.165) is 17.7 Å². The van der Waals surface area contributed by atoms with E-state index in [1.165, 1.54) is 12.1 Å². The smallest absolute Gasteiger partial charge is 0.123 e. The minimum Gasteiger partial charge on any atom is -0.397 e. The molecule has 0 bridgehead atoms. The molecule has 0 aliphatic carbocycles. The molecule has 1 unspecified atom stereocenters. The van der Waals surface area contributed by atoms with Gasteiger partial charge in [-0.1, -0.05) is 23.7 Å². The van der Waals surface area contributed by atoms with Crippen molar-refractivity contribution in [3.05, 3.63) is 58.9 Å².